The fraction of sp³-hybridized carbons (Fsp3) is 0.0952. The number of benzene rings is 2. The normalized spacial score (nSPS) is 22.7. The van der Waals surface area contributed by atoms with Crippen molar-refractivity contribution < 1.29 is 22.9 Å². The molecule has 11 heteroatoms. The number of carbonyl (C=O) groups is 2. The Bertz CT molecular complexity index is 1460. The van der Waals surface area contributed by atoms with Gasteiger partial charge in [0.25, 0.3) is 15.7 Å². The Morgan fingerprint density at radius 1 is 1.03 bits per heavy atom. The molecule has 1 N–H and O–H groups in total. The van der Waals surface area contributed by atoms with Gasteiger partial charge in [0.05, 0.1) is 27.5 Å². The van der Waals surface area contributed by atoms with Crippen molar-refractivity contribution >= 4 is 44.7 Å². The largest absolute Gasteiger partial charge is 0.338 e. The molecule has 9 nitrogen and oxygen atoms in total. The van der Waals surface area contributed by atoms with Crippen LogP contribution in [-0.2, 0) is 10.0 Å². The molecule has 32 heavy (non-hydrogen) atoms. The van der Waals surface area contributed by atoms with Crippen molar-refractivity contribution in [1.82, 2.24) is 5.32 Å². The van der Waals surface area contributed by atoms with E-state index in [4.69, 9.17) is 11.6 Å². The maximum absolute atomic E-state index is 13.1. The third-order valence-electron chi connectivity index (χ3n) is 5.58. The van der Waals surface area contributed by atoms with Crippen LogP contribution in [0, 0.1) is 22.0 Å². The minimum Gasteiger partial charge on any atom is -0.338 e. The van der Waals surface area contributed by atoms with Crippen LogP contribution in [0.4, 0.5) is 5.69 Å². The first-order valence-electron chi connectivity index (χ1n) is 9.35. The Balaban J connectivity index is 1.54. The minimum absolute atomic E-state index is 0.0563. The number of amidine groups is 1. The van der Waals surface area contributed by atoms with Gasteiger partial charge in [0.15, 0.2) is 17.4 Å². The van der Waals surface area contributed by atoms with Gasteiger partial charge in [0.2, 0.25) is 0 Å². The molecule has 0 saturated carbocycles. The Hall–Kier alpha value is -3.63. The first kappa shape index (κ1) is 20.3. The number of non-ortho nitro benzene ring substituents is 1. The standard InChI is InChI=1S/C21H12ClN3O6S/c22-18-15(8-7-14-17(18)20(27)12-4-2-1-3-11(12)19(14)26)23-21-13-6-5-10(25(28)29)9-16(13)32(30,31)24-21/h1-9,14,17H,(H,23,24)/t14-,17-/m1/s1. The molecule has 0 saturated heterocycles. The fourth-order valence-corrected chi connectivity index (χ4v) is 5.60. The smallest absolute Gasteiger partial charge is 0.285 e. The van der Waals surface area contributed by atoms with Crippen LogP contribution in [-0.4, -0.2) is 30.7 Å². The van der Waals surface area contributed by atoms with Crippen LogP contribution >= 0.6 is 11.6 Å². The third kappa shape index (κ3) is 2.91. The average molecular weight is 470 g/mol. The van der Waals surface area contributed by atoms with Gasteiger partial charge in [-0.1, -0.05) is 41.9 Å². The van der Waals surface area contributed by atoms with E-state index >= 15 is 0 Å². The van der Waals surface area contributed by atoms with E-state index in [0.717, 1.165) is 6.07 Å². The number of hydrogen-bond acceptors (Lipinski definition) is 7. The number of hydrogen-bond donors (Lipinski definition) is 1. The van der Waals surface area contributed by atoms with Gasteiger partial charge in [0, 0.05) is 28.8 Å². The maximum atomic E-state index is 13.1. The second-order valence-electron chi connectivity index (χ2n) is 7.38. The lowest BCUT2D eigenvalue weighted by atomic mass is 9.72. The molecule has 5 rings (SSSR count). The van der Waals surface area contributed by atoms with Crippen molar-refractivity contribution in [1.29, 1.82) is 0 Å². The Kier molecular flexibility index (Phi) is 4.40. The van der Waals surface area contributed by atoms with Crippen molar-refractivity contribution in [2.45, 2.75) is 4.90 Å². The van der Waals surface area contributed by atoms with Crippen molar-refractivity contribution in [3.63, 3.8) is 0 Å². The van der Waals surface area contributed by atoms with E-state index in [0.29, 0.717) is 5.56 Å². The highest BCUT2D eigenvalue weighted by Gasteiger charge is 2.44. The molecule has 2 aromatic rings. The number of Topliss-reactive ketones (excluding diaryl/α,β-unsaturated/α-hetero) is 2. The summed E-state index contributed by atoms with van der Waals surface area (Å²) in [7, 11) is -4.15. The van der Waals surface area contributed by atoms with Crippen LogP contribution in [0.5, 0.6) is 0 Å². The fourth-order valence-electron chi connectivity index (χ4n) is 4.06. The van der Waals surface area contributed by atoms with E-state index in [1.165, 1.54) is 18.2 Å². The second-order valence-corrected chi connectivity index (χ2v) is 9.36. The molecule has 2 aromatic carbocycles. The van der Waals surface area contributed by atoms with Crippen LogP contribution < -0.4 is 5.32 Å². The topological polar surface area (TPSA) is 136 Å². The number of sulfonamides is 1. The van der Waals surface area contributed by atoms with Gasteiger partial charge < -0.3 is 5.32 Å². The quantitative estimate of drug-likeness (QED) is 0.527. The lowest BCUT2D eigenvalue weighted by Gasteiger charge is -2.32. The summed E-state index contributed by atoms with van der Waals surface area (Å²) in [5, 5.41) is 13.9. The number of ketones is 2. The molecule has 1 heterocycles. The molecule has 0 fully saturated rings. The Morgan fingerprint density at radius 2 is 1.72 bits per heavy atom. The number of nitro benzene ring substituents is 1. The highest BCUT2D eigenvalue weighted by atomic mass is 35.5. The predicted molar refractivity (Wildman–Crippen MR) is 114 cm³/mol. The number of nitrogens with one attached hydrogen (secondary N) is 1. The molecule has 0 unspecified atom stereocenters. The Labute approximate surface area is 186 Å². The lowest BCUT2D eigenvalue weighted by Crippen LogP contribution is -2.39. The molecule has 0 aromatic heterocycles. The SMILES string of the molecule is O=C1c2ccccc2C(=O)[C@@H]2C=CC(NC3=NS(=O)(=O)c4cc([N+](=O)[O-])ccc43)=C(Cl)[C@H]12. The van der Waals surface area contributed by atoms with Crippen molar-refractivity contribution in [2.75, 3.05) is 0 Å². The van der Waals surface area contributed by atoms with Crippen molar-refractivity contribution in [3.05, 3.63) is 92.2 Å². The monoisotopic (exact) mass is 469 g/mol. The molecule has 1 aliphatic heterocycles. The van der Waals surface area contributed by atoms with Gasteiger partial charge in [-0.25, -0.2) is 0 Å². The van der Waals surface area contributed by atoms with E-state index in [1.807, 2.05) is 0 Å². The van der Waals surface area contributed by atoms with E-state index in [-0.39, 0.29) is 49.8 Å². The van der Waals surface area contributed by atoms with Crippen LogP contribution in [0.2, 0.25) is 0 Å². The van der Waals surface area contributed by atoms with Crippen LogP contribution in [0.25, 0.3) is 0 Å². The van der Waals surface area contributed by atoms with Gasteiger partial charge in [-0.15, -0.1) is 4.40 Å². The predicted octanol–water partition coefficient (Wildman–Crippen LogP) is 2.97. The highest BCUT2D eigenvalue weighted by molar-refractivity contribution is 7.90. The lowest BCUT2D eigenvalue weighted by molar-refractivity contribution is -0.385. The first-order chi connectivity index (χ1) is 15.2. The summed E-state index contributed by atoms with van der Waals surface area (Å²) in [5.74, 6) is -2.32. The van der Waals surface area contributed by atoms with Gasteiger partial charge in [0.1, 0.15) is 4.90 Å². The number of fused-ring (bicyclic) bond motifs is 3. The summed E-state index contributed by atoms with van der Waals surface area (Å²) < 4.78 is 28.5. The molecule has 3 aliphatic rings. The Morgan fingerprint density at radius 3 is 2.41 bits per heavy atom. The zero-order valence-corrected chi connectivity index (χ0v) is 17.6. The average Bonchev–Trinajstić information content (AvgIpc) is 3.02. The summed E-state index contributed by atoms with van der Waals surface area (Å²) in [6, 6.07) is 9.89. The second kappa shape index (κ2) is 6.94. The summed E-state index contributed by atoms with van der Waals surface area (Å²) in [5.41, 5.74) is 0.593. The summed E-state index contributed by atoms with van der Waals surface area (Å²) in [6.45, 7) is 0. The van der Waals surface area contributed by atoms with Crippen LogP contribution in [0.1, 0.15) is 26.3 Å². The van der Waals surface area contributed by atoms with E-state index < -0.39 is 26.8 Å². The van der Waals surface area contributed by atoms with Gasteiger partial charge in [-0.05, 0) is 12.1 Å². The third-order valence-corrected chi connectivity index (χ3v) is 7.33. The molecule has 2 aliphatic carbocycles. The summed E-state index contributed by atoms with van der Waals surface area (Å²) in [6.07, 6.45) is 3.05. The van der Waals surface area contributed by atoms with Gasteiger partial charge in [-0.3, -0.25) is 19.7 Å². The zero-order valence-electron chi connectivity index (χ0n) is 16.0. The number of allylic oxidation sites excluding steroid dienone is 3. The number of nitrogens with zero attached hydrogens (tertiary/aromatic N) is 2. The number of rotatable bonds is 2. The number of carbonyl (C=O) groups excluding carboxylic acids is 2. The van der Waals surface area contributed by atoms with Crippen molar-refractivity contribution in [3.8, 4) is 0 Å². The molecule has 0 spiro atoms. The number of halogens is 1. The molecule has 2 atom stereocenters. The highest BCUT2D eigenvalue weighted by Crippen LogP contribution is 2.41. The summed E-state index contributed by atoms with van der Waals surface area (Å²) in [4.78, 5) is 35.9. The first-order valence-corrected chi connectivity index (χ1v) is 11.2. The summed E-state index contributed by atoms with van der Waals surface area (Å²) >= 11 is 6.53. The molecule has 0 bridgehead atoms. The molecule has 0 amide bonds. The maximum Gasteiger partial charge on any atom is 0.285 e. The minimum atomic E-state index is -4.15. The van der Waals surface area contributed by atoms with Gasteiger partial charge >= 0.3 is 0 Å². The van der Waals surface area contributed by atoms with Crippen molar-refractivity contribution in [2.24, 2.45) is 16.2 Å². The molecular weight excluding hydrogens is 458 g/mol. The van der Waals surface area contributed by atoms with E-state index in [2.05, 4.69) is 9.71 Å². The molecular formula is C21H12ClN3O6S. The van der Waals surface area contributed by atoms with E-state index in [9.17, 15) is 28.1 Å². The van der Waals surface area contributed by atoms with Crippen LogP contribution in [0.3, 0.4) is 0 Å². The molecule has 160 valence electrons. The zero-order chi connectivity index (χ0) is 22.8. The molecule has 0 radical (unpaired) electrons. The van der Waals surface area contributed by atoms with Crippen LogP contribution in [0.15, 0.2) is 74.6 Å². The van der Waals surface area contributed by atoms with E-state index in [1.54, 1.807) is 30.3 Å². The van der Waals surface area contributed by atoms with Gasteiger partial charge in [-0.2, -0.15) is 8.42 Å². The number of nitro groups is 1.